The van der Waals surface area contributed by atoms with Gasteiger partial charge < -0.3 is 10.2 Å². The molecular weight excluding hydrogens is 228 g/mol. The van der Waals surface area contributed by atoms with E-state index in [9.17, 15) is 15.0 Å². The van der Waals surface area contributed by atoms with Crippen LogP contribution in [0.4, 0.5) is 0 Å². The Labute approximate surface area is 105 Å². The lowest BCUT2D eigenvalue weighted by Crippen LogP contribution is -2.04. The number of phenols is 2. The first kappa shape index (κ1) is 12.2. The van der Waals surface area contributed by atoms with Gasteiger partial charge in [-0.1, -0.05) is 24.3 Å². The SMILES string of the molecule is Cc1ccccc1C(=O)c1ccc(O)c(C)c1O. The van der Waals surface area contributed by atoms with Crippen molar-refractivity contribution in [3.8, 4) is 11.5 Å². The van der Waals surface area contributed by atoms with Crippen LogP contribution in [0.1, 0.15) is 27.0 Å². The number of carbonyl (C=O) groups is 1. The molecule has 0 fully saturated rings. The molecule has 0 saturated heterocycles. The number of ketones is 1. The number of aromatic hydroxyl groups is 2. The molecule has 0 bridgehead atoms. The highest BCUT2D eigenvalue weighted by molar-refractivity contribution is 6.11. The zero-order chi connectivity index (χ0) is 13.3. The molecule has 0 aromatic heterocycles. The molecule has 2 N–H and O–H groups in total. The van der Waals surface area contributed by atoms with Crippen molar-refractivity contribution in [1.82, 2.24) is 0 Å². The summed E-state index contributed by atoms with van der Waals surface area (Å²) in [5.41, 5.74) is 1.93. The maximum Gasteiger partial charge on any atom is 0.197 e. The van der Waals surface area contributed by atoms with Gasteiger partial charge >= 0.3 is 0 Å². The van der Waals surface area contributed by atoms with Crippen LogP contribution in [0.15, 0.2) is 36.4 Å². The van der Waals surface area contributed by atoms with E-state index < -0.39 is 0 Å². The summed E-state index contributed by atoms with van der Waals surface area (Å²) in [6, 6.07) is 10.1. The Balaban J connectivity index is 2.54. The summed E-state index contributed by atoms with van der Waals surface area (Å²) in [6.45, 7) is 3.41. The fourth-order valence-electron chi connectivity index (χ4n) is 1.85. The number of rotatable bonds is 2. The molecule has 18 heavy (non-hydrogen) atoms. The second kappa shape index (κ2) is 4.53. The number of aryl methyl sites for hydroxylation is 1. The monoisotopic (exact) mass is 242 g/mol. The fourth-order valence-corrected chi connectivity index (χ4v) is 1.85. The molecule has 0 heterocycles. The quantitative estimate of drug-likeness (QED) is 0.796. The van der Waals surface area contributed by atoms with Gasteiger partial charge in [-0.15, -0.1) is 0 Å². The first-order valence-corrected chi connectivity index (χ1v) is 5.64. The van der Waals surface area contributed by atoms with E-state index in [4.69, 9.17) is 0 Å². The third-order valence-corrected chi connectivity index (χ3v) is 3.04. The average molecular weight is 242 g/mol. The number of hydrogen-bond acceptors (Lipinski definition) is 3. The Kier molecular flexibility index (Phi) is 3.06. The summed E-state index contributed by atoms with van der Waals surface area (Å²) < 4.78 is 0. The molecule has 2 aromatic carbocycles. The van der Waals surface area contributed by atoms with Gasteiger partial charge in [0.15, 0.2) is 5.78 Å². The van der Waals surface area contributed by atoms with Crippen LogP contribution in [0.2, 0.25) is 0 Å². The van der Waals surface area contributed by atoms with Crippen LogP contribution in [-0.2, 0) is 0 Å². The zero-order valence-electron chi connectivity index (χ0n) is 10.3. The lowest BCUT2D eigenvalue weighted by molar-refractivity contribution is 0.103. The lowest BCUT2D eigenvalue weighted by atomic mass is 9.97. The smallest absolute Gasteiger partial charge is 0.197 e. The Morgan fingerprint density at radius 3 is 2.28 bits per heavy atom. The van der Waals surface area contributed by atoms with Crippen LogP contribution in [0, 0.1) is 13.8 Å². The van der Waals surface area contributed by atoms with Gasteiger partial charge in [-0.3, -0.25) is 4.79 Å². The van der Waals surface area contributed by atoms with Crippen molar-refractivity contribution in [3.05, 3.63) is 58.7 Å². The standard InChI is InChI=1S/C15H14O3/c1-9-5-3-4-6-11(9)15(18)12-7-8-13(16)10(2)14(12)17/h3-8,16-17H,1-2H3. The van der Waals surface area contributed by atoms with Crippen molar-refractivity contribution in [2.24, 2.45) is 0 Å². The Morgan fingerprint density at radius 2 is 1.61 bits per heavy atom. The Bertz CT molecular complexity index is 615. The second-order valence-corrected chi connectivity index (χ2v) is 4.25. The molecule has 0 atom stereocenters. The molecule has 0 aliphatic carbocycles. The summed E-state index contributed by atoms with van der Waals surface area (Å²) >= 11 is 0. The molecule has 3 heteroatoms. The third kappa shape index (κ3) is 1.95. The topological polar surface area (TPSA) is 57.5 Å². The highest BCUT2D eigenvalue weighted by Crippen LogP contribution is 2.31. The Morgan fingerprint density at radius 1 is 0.944 bits per heavy atom. The number of hydrogen-bond donors (Lipinski definition) is 2. The average Bonchev–Trinajstić information content (AvgIpc) is 2.36. The second-order valence-electron chi connectivity index (χ2n) is 4.25. The van der Waals surface area contributed by atoms with Gasteiger partial charge in [-0.2, -0.15) is 0 Å². The minimum atomic E-state index is -0.242. The van der Waals surface area contributed by atoms with Gasteiger partial charge in [0, 0.05) is 11.1 Å². The highest BCUT2D eigenvalue weighted by atomic mass is 16.3. The lowest BCUT2D eigenvalue weighted by Gasteiger charge is -2.09. The highest BCUT2D eigenvalue weighted by Gasteiger charge is 2.17. The predicted molar refractivity (Wildman–Crippen MR) is 69.1 cm³/mol. The van der Waals surface area contributed by atoms with Crippen LogP contribution in [0.3, 0.4) is 0 Å². The van der Waals surface area contributed by atoms with Gasteiger partial charge in [-0.25, -0.2) is 0 Å². The summed E-state index contributed by atoms with van der Waals surface area (Å²) in [4.78, 5) is 12.3. The van der Waals surface area contributed by atoms with E-state index in [1.165, 1.54) is 12.1 Å². The van der Waals surface area contributed by atoms with Crippen molar-refractivity contribution in [2.75, 3.05) is 0 Å². The molecular formula is C15H14O3. The molecule has 92 valence electrons. The normalized spacial score (nSPS) is 10.3. The molecule has 3 nitrogen and oxygen atoms in total. The van der Waals surface area contributed by atoms with E-state index in [1.54, 1.807) is 19.1 Å². The largest absolute Gasteiger partial charge is 0.508 e. The first-order chi connectivity index (χ1) is 8.52. The summed E-state index contributed by atoms with van der Waals surface area (Å²) in [5.74, 6) is -0.425. The number of phenolic OH excluding ortho intramolecular Hbond substituents is 2. The zero-order valence-corrected chi connectivity index (χ0v) is 10.3. The fraction of sp³-hybridized carbons (Fsp3) is 0.133. The molecule has 0 radical (unpaired) electrons. The van der Waals surface area contributed by atoms with Gasteiger partial charge in [0.1, 0.15) is 11.5 Å². The van der Waals surface area contributed by atoms with Crippen LogP contribution < -0.4 is 0 Å². The molecule has 2 aromatic rings. The van der Waals surface area contributed by atoms with E-state index in [0.717, 1.165) is 5.56 Å². The van der Waals surface area contributed by atoms with Gasteiger partial charge in [0.25, 0.3) is 0 Å². The van der Waals surface area contributed by atoms with E-state index in [1.807, 2.05) is 19.1 Å². The maximum atomic E-state index is 12.3. The Hall–Kier alpha value is -2.29. The van der Waals surface area contributed by atoms with Crippen LogP contribution >= 0.6 is 0 Å². The van der Waals surface area contributed by atoms with Crippen molar-refractivity contribution in [2.45, 2.75) is 13.8 Å². The molecule has 0 aliphatic heterocycles. The molecule has 0 amide bonds. The van der Waals surface area contributed by atoms with Crippen LogP contribution in [-0.4, -0.2) is 16.0 Å². The molecule has 0 aliphatic rings. The van der Waals surface area contributed by atoms with E-state index in [0.29, 0.717) is 11.1 Å². The summed E-state index contributed by atoms with van der Waals surface area (Å²) in [5, 5.41) is 19.4. The predicted octanol–water partition coefficient (Wildman–Crippen LogP) is 2.95. The number of benzene rings is 2. The minimum Gasteiger partial charge on any atom is -0.508 e. The van der Waals surface area contributed by atoms with E-state index in [2.05, 4.69) is 0 Å². The van der Waals surface area contributed by atoms with E-state index in [-0.39, 0.29) is 22.8 Å². The molecule has 0 unspecified atom stereocenters. The summed E-state index contributed by atoms with van der Waals surface area (Å²) in [7, 11) is 0. The number of carbonyl (C=O) groups excluding carboxylic acids is 1. The molecule has 0 saturated carbocycles. The van der Waals surface area contributed by atoms with Gasteiger partial charge in [-0.05, 0) is 31.5 Å². The van der Waals surface area contributed by atoms with Crippen molar-refractivity contribution < 1.29 is 15.0 Å². The van der Waals surface area contributed by atoms with Crippen LogP contribution in [0.5, 0.6) is 11.5 Å². The third-order valence-electron chi connectivity index (χ3n) is 3.04. The molecule has 2 rings (SSSR count). The van der Waals surface area contributed by atoms with Crippen molar-refractivity contribution in [1.29, 1.82) is 0 Å². The van der Waals surface area contributed by atoms with E-state index >= 15 is 0 Å². The van der Waals surface area contributed by atoms with Crippen LogP contribution in [0.25, 0.3) is 0 Å². The first-order valence-electron chi connectivity index (χ1n) is 5.64. The maximum absolute atomic E-state index is 12.3. The van der Waals surface area contributed by atoms with Crippen molar-refractivity contribution in [3.63, 3.8) is 0 Å². The summed E-state index contributed by atoms with van der Waals surface area (Å²) in [6.07, 6.45) is 0. The van der Waals surface area contributed by atoms with Gasteiger partial charge in [0.2, 0.25) is 0 Å². The molecule has 0 spiro atoms. The van der Waals surface area contributed by atoms with Gasteiger partial charge in [0.05, 0.1) is 5.56 Å². The van der Waals surface area contributed by atoms with Crippen molar-refractivity contribution >= 4 is 5.78 Å². The minimum absolute atomic E-state index is 0.0196.